The fourth-order valence-electron chi connectivity index (χ4n) is 4.32. The van der Waals surface area contributed by atoms with Gasteiger partial charge in [0.25, 0.3) is 0 Å². The molecule has 208 valence electrons. The third kappa shape index (κ3) is 7.25. The molecule has 0 aromatic heterocycles. The second kappa shape index (κ2) is 13.5. The number of benzene rings is 4. The van der Waals surface area contributed by atoms with Crippen LogP contribution in [0.1, 0.15) is 36.6 Å². The third-order valence-corrected chi connectivity index (χ3v) is 6.41. The highest BCUT2D eigenvalue weighted by Crippen LogP contribution is 2.28. The maximum atomic E-state index is 13.2. The van der Waals surface area contributed by atoms with Crippen molar-refractivity contribution < 1.29 is 38.1 Å². The molecule has 4 aromatic rings. The molecule has 8 nitrogen and oxygen atoms in total. The van der Waals surface area contributed by atoms with E-state index in [0.29, 0.717) is 5.56 Å². The Bertz CT molecular complexity index is 1430. The number of carbonyl (C=O) groups excluding carboxylic acids is 3. The lowest BCUT2D eigenvalue weighted by Crippen LogP contribution is -2.58. The molecule has 0 saturated carbocycles. The molecule has 41 heavy (non-hydrogen) atoms. The summed E-state index contributed by atoms with van der Waals surface area (Å²) < 4.78 is 29.6. The van der Waals surface area contributed by atoms with Gasteiger partial charge in [0, 0.05) is 0 Å². The minimum absolute atomic E-state index is 0.138. The summed E-state index contributed by atoms with van der Waals surface area (Å²) in [5, 5.41) is 0. The predicted molar refractivity (Wildman–Crippen MR) is 148 cm³/mol. The van der Waals surface area contributed by atoms with Crippen molar-refractivity contribution in [1.82, 2.24) is 0 Å². The molecule has 1 fully saturated rings. The quantitative estimate of drug-likeness (QED) is 0.206. The van der Waals surface area contributed by atoms with E-state index in [1.54, 1.807) is 91.0 Å². The minimum atomic E-state index is -1.26. The van der Waals surface area contributed by atoms with E-state index in [0.717, 1.165) is 5.56 Å². The zero-order chi connectivity index (χ0) is 28.4. The minimum Gasteiger partial charge on any atom is -0.452 e. The van der Waals surface area contributed by atoms with Gasteiger partial charge in [0.2, 0.25) is 0 Å². The predicted octanol–water partition coefficient (Wildman–Crippen LogP) is 5.24. The summed E-state index contributed by atoms with van der Waals surface area (Å²) >= 11 is 0. The van der Waals surface area contributed by atoms with E-state index in [4.69, 9.17) is 23.7 Å². The average Bonchev–Trinajstić information content (AvgIpc) is 3.03. The molecule has 1 aliphatic heterocycles. The van der Waals surface area contributed by atoms with E-state index in [-0.39, 0.29) is 24.3 Å². The van der Waals surface area contributed by atoms with E-state index in [9.17, 15) is 14.4 Å². The summed E-state index contributed by atoms with van der Waals surface area (Å²) in [5.41, 5.74) is 1.73. The highest BCUT2D eigenvalue weighted by molar-refractivity contribution is 5.91. The zero-order valence-electron chi connectivity index (χ0n) is 22.0. The second-order valence-electron chi connectivity index (χ2n) is 9.28. The van der Waals surface area contributed by atoms with Crippen LogP contribution in [0.5, 0.6) is 0 Å². The van der Waals surface area contributed by atoms with Gasteiger partial charge in [-0.1, -0.05) is 84.9 Å². The van der Waals surface area contributed by atoms with Gasteiger partial charge in [0.1, 0.15) is 0 Å². The molecule has 0 unspecified atom stereocenters. The molecule has 0 radical (unpaired) electrons. The van der Waals surface area contributed by atoms with Crippen LogP contribution >= 0.6 is 0 Å². The SMILES string of the molecule is O=C(O[C@@H]1[C@@H](OC(=O)c2ccccc2)[C@@H](OCc2ccccc2)OC[C@@H]1OC(=O)c1ccccc1)c1ccccc1. The zero-order valence-corrected chi connectivity index (χ0v) is 22.0. The molecule has 4 aromatic carbocycles. The molecule has 1 saturated heterocycles. The highest BCUT2D eigenvalue weighted by atomic mass is 16.7. The van der Waals surface area contributed by atoms with Gasteiger partial charge >= 0.3 is 17.9 Å². The van der Waals surface area contributed by atoms with E-state index in [2.05, 4.69) is 0 Å². The third-order valence-electron chi connectivity index (χ3n) is 6.41. The lowest BCUT2D eigenvalue weighted by molar-refractivity contribution is -0.271. The van der Waals surface area contributed by atoms with Crippen LogP contribution in [-0.4, -0.2) is 49.1 Å². The normalized spacial score (nSPS) is 20.0. The molecule has 5 rings (SSSR count). The van der Waals surface area contributed by atoms with Crippen molar-refractivity contribution >= 4 is 17.9 Å². The van der Waals surface area contributed by atoms with Gasteiger partial charge in [-0.25, -0.2) is 14.4 Å². The van der Waals surface area contributed by atoms with Crippen LogP contribution in [0, 0.1) is 0 Å². The second-order valence-corrected chi connectivity index (χ2v) is 9.28. The monoisotopic (exact) mass is 552 g/mol. The van der Waals surface area contributed by atoms with Gasteiger partial charge in [-0.15, -0.1) is 0 Å². The van der Waals surface area contributed by atoms with Crippen molar-refractivity contribution in [2.75, 3.05) is 6.61 Å². The number of rotatable bonds is 9. The smallest absolute Gasteiger partial charge is 0.338 e. The molecule has 0 bridgehead atoms. The number of ether oxygens (including phenoxy) is 5. The number of esters is 3. The fraction of sp³-hybridized carbons (Fsp3) is 0.182. The first-order valence-corrected chi connectivity index (χ1v) is 13.1. The van der Waals surface area contributed by atoms with Crippen LogP contribution in [-0.2, 0) is 30.3 Å². The van der Waals surface area contributed by atoms with E-state index in [1.165, 1.54) is 0 Å². The standard InChI is InChI=1S/C33H28O8/c34-30(24-15-7-2-8-16-24)39-27-22-38-33(37-21-23-13-5-1-6-14-23)29(41-32(36)26-19-11-4-12-20-26)28(27)40-31(35)25-17-9-3-10-18-25/h1-20,27-29,33H,21-22H2/t27-,28-,29+,33-/m0/s1. The molecule has 0 N–H and O–H groups in total. The van der Waals surface area contributed by atoms with Crippen LogP contribution in [0.15, 0.2) is 121 Å². The van der Waals surface area contributed by atoms with Crippen molar-refractivity contribution in [2.24, 2.45) is 0 Å². The first kappa shape index (κ1) is 27.8. The lowest BCUT2D eigenvalue weighted by Gasteiger charge is -2.40. The largest absolute Gasteiger partial charge is 0.452 e. The summed E-state index contributed by atoms with van der Waals surface area (Å²) in [4.78, 5) is 39.4. The molecule has 4 atom stereocenters. The Morgan fingerprint density at radius 1 is 0.561 bits per heavy atom. The first-order chi connectivity index (χ1) is 20.1. The molecule has 0 aliphatic carbocycles. The van der Waals surface area contributed by atoms with Crippen LogP contribution in [0.3, 0.4) is 0 Å². The number of hydrogen-bond acceptors (Lipinski definition) is 8. The van der Waals surface area contributed by atoms with Crippen molar-refractivity contribution in [2.45, 2.75) is 31.2 Å². The van der Waals surface area contributed by atoms with Gasteiger partial charge in [0.15, 0.2) is 24.6 Å². The number of hydrogen-bond donors (Lipinski definition) is 0. The Labute approximate surface area is 237 Å². The molecular weight excluding hydrogens is 524 g/mol. The Hall–Kier alpha value is -4.79. The van der Waals surface area contributed by atoms with Crippen LogP contribution in [0.25, 0.3) is 0 Å². The van der Waals surface area contributed by atoms with Gasteiger partial charge in [0.05, 0.1) is 29.9 Å². The lowest BCUT2D eigenvalue weighted by atomic mass is 10.0. The van der Waals surface area contributed by atoms with Crippen LogP contribution < -0.4 is 0 Å². The highest BCUT2D eigenvalue weighted by Gasteiger charge is 2.48. The summed E-state index contributed by atoms with van der Waals surface area (Å²) in [5.74, 6) is -2.00. The van der Waals surface area contributed by atoms with Crippen LogP contribution in [0.2, 0.25) is 0 Å². The summed E-state index contributed by atoms with van der Waals surface area (Å²) in [6, 6.07) is 34.5. The van der Waals surface area contributed by atoms with Crippen molar-refractivity contribution in [3.63, 3.8) is 0 Å². The Morgan fingerprint density at radius 2 is 0.976 bits per heavy atom. The Kier molecular flexibility index (Phi) is 9.15. The van der Waals surface area contributed by atoms with Crippen molar-refractivity contribution in [1.29, 1.82) is 0 Å². The van der Waals surface area contributed by atoms with Gasteiger partial charge < -0.3 is 23.7 Å². The van der Waals surface area contributed by atoms with Gasteiger partial charge in [-0.05, 0) is 42.0 Å². The molecule has 0 spiro atoms. The fourth-order valence-corrected chi connectivity index (χ4v) is 4.32. The molecule has 1 heterocycles. The maximum absolute atomic E-state index is 13.2. The molecule has 1 aliphatic rings. The van der Waals surface area contributed by atoms with E-state index in [1.807, 2.05) is 30.3 Å². The average molecular weight is 553 g/mol. The Morgan fingerprint density at radius 3 is 1.46 bits per heavy atom. The topological polar surface area (TPSA) is 97.4 Å². The van der Waals surface area contributed by atoms with Crippen LogP contribution in [0.4, 0.5) is 0 Å². The summed E-state index contributed by atoms with van der Waals surface area (Å²) in [6.45, 7) is -0.0249. The molecule has 0 amide bonds. The van der Waals surface area contributed by atoms with Crippen molar-refractivity contribution in [3.8, 4) is 0 Å². The van der Waals surface area contributed by atoms with Gasteiger partial charge in [-0.2, -0.15) is 0 Å². The van der Waals surface area contributed by atoms with E-state index < -0.39 is 42.5 Å². The summed E-state index contributed by atoms with van der Waals surface area (Å²) in [7, 11) is 0. The maximum Gasteiger partial charge on any atom is 0.338 e. The Balaban J connectivity index is 1.45. The van der Waals surface area contributed by atoms with E-state index >= 15 is 0 Å². The molecule has 8 heteroatoms. The first-order valence-electron chi connectivity index (χ1n) is 13.1. The summed E-state index contributed by atoms with van der Waals surface area (Å²) in [6.07, 6.45) is -4.72. The molecular formula is C33H28O8. The van der Waals surface area contributed by atoms with Crippen molar-refractivity contribution in [3.05, 3.63) is 144 Å². The van der Waals surface area contributed by atoms with Gasteiger partial charge in [-0.3, -0.25) is 0 Å². The number of carbonyl (C=O) groups is 3.